The van der Waals surface area contributed by atoms with E-state index in [4.69, 9.17) is 14.2 Å². The van der Waals surface area contributed by atoms with Crippen LogP contribution in [-0.4, -0.2) is 68.9 Å². The molecule has 1 aromatic rings. The molecule has 25 heavy (non-hydrogen) atoms. The molecule has 6 heteroatoms. The van der Waals surface area contributed by atoms with Crippen LogP contribution in [0.5, 0.6) is 11.5 Å². The summed E-state index contributed by atoms with van der Waals surface area (Å²) in [5.41, 5.74) is 0.676. The number of likely N-dealkylation sites (N-methyl/N-ethyl adjacent to an activating group) is 1. The van der Waals surface area contributed by atoms with Gasteiger partial charge in [0.2, 0.25) is 6.79 Å². The van der Waals surface area contributed by atoms with Gasteiger partial charge in [-0.3, -0.25) is 4.79 Å². The van der Waals surface area contributed by atoms with Gasteiger partial charge in [0, 0.05) is 31.8 Å². The molecular weight excluding hydrogens is 320 g/mol. The molecule has 136 valence electrons. The first-order chi connectivity index (χ1) is 12.1. The number of ether oxygens (including phenoxy) is 3. The minimum absolute atomic E-state index is 0.0862. The van der Waals surface area contributed by atoms with E-state index in [1.54, 1.807) is 13.2 Å². The fourth-order valence-electron chi connectivity index (χ4n) is 4.56. The summed E-state index contributed by atoms with van der Waals surface area (Å²) >= 11 is 0. The van der Waals surface area contributed by atoms with Crippen LogP contribution in [0, 0.1) is 11.8 Å². The minimum atomic E-state index is 0.0862. The Morgan fingerprint density at radius 2 is 1.88 bits per heavy atom. The quantitative estimate of drug-likeness (QED) is 0.836. The molecule has 0 unspecified atom stereocenters. The molecule has 6 nitrogen and oxygen atoms in total. The summed E-state index contributed by atoms with van der Waals surface area (Å²) in [4.78, 5) is 17.2. The maximum Gasteiger partial charge on any atom is 0.254 e. The number of carbonyl (C=O) groups is 1. The summed E-state index contributed by atoms with van der Waals surface area (Å²) < 4.78 is 16.5. The Labute approximate surface area is 148 Å². The molecule has 0 radical (unpaired) electrons. The molecule has 1 aliphatic carbocycles. The van der Waals surface area contributed by atoms with Crippen molar-refractivity contribution in [1.29, 1.82) is 0 Å². The lowest BCUT2D eigenvalue weighted by atomic mass is 9.77. The molecule has 0 spiro atoms. The van der Waals surface area contributed by atoms with Gasteiger partial charge in [-0.05, 0) is 57.0 Å². The highest BCUT2D eigenvalue weighted by atomic mass is 16.7. The highest BCUT2D eigenvalue weighted by Crippen LogP contribution is 2.40. The molecular formula is C19H26N2O4. The van der Waals surface area contributed by atoms with E-state index >= 15 is 0 Å². The van der Waals surface area contributed by atoms with E-state index in [0.717, 1.165) is 25.9 Å². The second-order valence-corrected chi connectivity index (χ2v) is 7.57. The highest BCUT2D eigenvalue weighted by Gasteiger charge is 2.44. The van der Waals surface area contributed by atoms with Crippen molar-refractivity contribution in [2.45, 2.75) is 25.0 Å². The van der Waals surface area contributed by atoms with Crippen molar-refractivity contribution in [2.75, 3.05) is 41.1 Å². The molecule has 2 heterocycles. The Kier molecular flexibility index (Phi) is 4.33. The minimum Gasteiger partial charge on any atom is -0.454 e. The Bertz CT molecular complexity index is 663. The average Bonchev–Trinajstić information content (AvgIpc) is 3.24. The molecule has 0 bridgehead atoms. The van der Waals surface area contributed by atoms with E-state index in [2.05, 4.69) is 19.0 Å². The first-order valence-corrected chi connectivity index (χ1v) is 8.95. The normalized spacial score (nSPS) is 30.6. The number of hydrogen-bond acceptors (Lipinski definition) is 5. The van der Waals surface area contributed by atoms with E-state index in [1.807, 2.05) is 17.0 Å². The van der Waals surface area contributed by atoms with Crippen molar-refractivity contribution in [1.82, 2.24) is 9.80 Å². The molecule has 1 aromatic carbocycles. The third-order valence-corrected chi connectivity index (χ3v) is 5.96. The zero-order valence-electron chi connectivity index (χ0n) is 15.1. The van der Waals surface area contributed by atoms with Crippen LogP contribution in [0.15, 0.2) is 18.2 Å². The van der Waals surface area contributed by atoms with E-state index in [-0.39, 0.29) is 18.8 Å². The average molecular weight is 346 g/mol. The summed E-state index contributed by atoms with van der Waals surface area (Å²) in [6.45, 7) is 1.88. The predicted octanol–water partition coefficient (Wildman–Crippen LogP) is 1.84. The van der Waals surface area contributed by atoms with E-state index in [9.17, 15) is 4.79 Å². The lowest BCUT2D eigenvalue weighted by Gasteiger charge is -2.40. The van der Waals surface area contributed by atoms with E-state index in [0.29, 0.717) is 34.9 Å². The number of nitrogens with zero attached hydrogens (tertiary/aromatic N) is 2. The van der Waals surface area contributed by atoms with Gasteiger partial charge in [-0.1, -0.05) is 0 Å². The molecule has 1 saturated carbocycles. The van der Waals surface area contributed by atoms with Crippen LogP contribution in [0.4, 0.5) is 0 Å². The molecule has 4 atom stereocenters. The molecule has 1 saturated heterocycles. The van der Waals surface area contributed by atoms with Crippen molar-refractivity contribution in [3.8, 4) is 11.5 Å². The van der Waals surface area contributed by atoms with Gasteiger partial charge < -0.3 is 24.0 Å². The number of carbonyl (C=O) groups excluding carboxylic acids is 1. The Morgan fingerprint density at radius 1 is 1.16 bits per heavy atom. The van der Waals surface area contributed by atoms with E-state index < -0.39 is 0 Å². The number of hydrogen-bond donors (Lipinski definition) is 0. The van der Waals surface area contributed by atoms with Crippen LogP contribution in [0.3, 0.4) is 0 Å². The molecule has 0 N–H and O–H groups in total. The third kappa shape index (κ3) is 2.98. The van der Waals surface area contributed by atoms with E-state index in [1.165, 1.54) is 0 Å². The van der Waals surface area contributed by atoms with Crippen LogP contribution in [0.2, 0.25) is 0 Å². The summed E-state index contributed by atoms with van der Waals surface area (Å²) in [7, 11) is 6.02. The number of amides is 1. The van der Waals surface area contributed by atoms with Gasteiger partial charge in [0.25, 0.3) is 5.91 Å². The summed E-state index contributed by atoms with van der Waals surface area (Å²) in [5.74, 6) is 2.54. The van der Waals surface area contributed by atoms with Gasteiger partial charge in [0.15, 0.2) is 11.5 Å². The topological polar surface area (TPSA) is 51.2 Å². The first kappa shape index (κ1) is 16.7. The van der Waals surface area contributed by atoms with Crippen LogP contribution in [0.1, 0.15) is 23.2 Å². The lowest BCUT2D eigenvalue weighted by Crippen LogP contribution is -2.47. The second-order valence-electron chi connectivity index (χ2n) is 7.57. The van der Waals surface area contributed by atoms with Crippen molar-refractivity contribution >= 4 is 5.91 Å². The monoisotopic (exact) mass is 346 g/mol. The molecule has 2 fully saturated rings. The van der Waals surface area contributed by atoms with Gasteiger partial charge in [-0.15, -0.1) is 0 Å². The van der Waals surface area contributed by atoms with Gasteiger partial charge in [-0.25, -0.2) is 0 Å². The Hall–Kier alpha value is -1.79. The van der Waals surface area contributed by atoms with Crippen molar-refractivity contribution in [3.05, 3.63) is 23.8 Å². The smallest absolute Gasteiger partial charge is 0.254 e. The third-order valence-electron chi connectivity index (χ3n) is 5.96. The SMILES string of the molecule is CO[C@@H]1C[C@H]2CN(C(=O)c3ccc4c(c3)OCO4)C[C@H]2C[C@H]1N(C)C. The zero-order chi connectivity index (χ0) is 17.6. The molecule has 0 aromatic heterocycles. The predicted molar refractivity (Wildman–Crippen MR) is 93.0 cm³/mol. The maximum atomic E-state index is 12.9. The maximum absolute atomic E-state index is 12.9. The van der Waals surface area contributed by atoms with Gasteiger partial charge in [-0.2, -0.15) is 0 Å². The molecule has 4 rings (SSSR count). The zero-order valence-corrected chi connectivity index (χ0v) is 15.1. The summed E-state index contributed by atoms with van der Waals surface area (Å²) in [5, 5.41) is 0. The number of benzene rings is 1. The van der Waals surface area contributed by atoms with Crippen molar-refractivity contribution in [2.24, 2.45) is 11.8 Å². The lowest BCUT2D eigenvalue weighted by molar-refractivity contribution is -0.0209. The molecule has 1 amide bonds. The Morgan fingerprint density at radius 3 is 2.60 bits per heavy atom. The number of likely N-dealkylation sites (tertiary alicyclic amines) is 1. The molecule has 2 aliphatic heterocycles. The largest absolute Gasteiger partial charge is 0.454 e. The van der Waals surface area contributed by atoms with Gasteiger partial charge in [0.05, 0.1) is 6.10 Å². The van der Waals surface area contributed by atoms with Crippen LogP contribution >= 0.6 is 0 Å². The fraction of sp³-hybridized carbons (Fsp3) is 0.632. The van der Waals surface area contributed by atoms with Crippen LogP contribution in [-0.2, 0) is 4.74 Å². The van der Waals surface area contributed by atoms with Crippen LogP contribution < -0.4 is 9.47 Å². The molecule has 3 aliphatic rings. The first-order valence-electron chi connectivity index (χ1n) is 8.95. The van der Waals surface area contributed by atoms with Crippen molar-refractivity contribution in [3.63, 3.8) is 0 Å². The number of fused-ring (bicyclic) bond motifs is 2. The Balaban J connectivity index is 1.48. The van der Waals surface area contributed by atoms with Gasteiger partial charge >= 0.3 is 0 Å². The number of methoxy groups -OCH3 is 1. The standard InChI is InChI=1S/C19H26N2O4/c1-20(2)15-6-13-9-21(10-14(13)8-17(15)23-3)19(22)12-4-5-16-18(7-12)25-11-24-16/h4-5,7,13-15,17H,6,8-11H2,1-3H3/t13-,14+,15-,17-/m1/s1. The number of rotatable bonds is 3. The summed E-state index contributed by atoms with van der Waals surface area (Å²) in [6.07, 6.45) is 2.35. The van der Waals surface area contributed by atoms with Crippen LogP contribution in [0.25, 0.3) is 0 Å². The summed E-state index contributed by atoms with van der Waals surface area (Å²) in [6, 6.07) is 5.87. The van der Waals surface area contributed by atoms with Crippen molar-refractivity contribution < 1.29 is 19.0 Å². The van der Waals surface area contributed by atoms with Gasteiger partial charge in [0.1, 0.15) is 0 Å². The second kappa shape index (κ2) is 6.50. The highest BCUT2D eigenvalue weighted by molar-refractivity contribution is 5.95. The fourth-order valence-corrected chi connectivity index (χ4v) is 4.56.